The van der Waals surface area contributed by atoms with Gasteiger partial charge < -0.3 is 20.3 Å². The number of benzene rings is 1. The van der Waals surface area contributed by atoms with Crippen LogP contribution < -0.4 is 10.6 Å². The molecule has 2 aliphatic rings. The van der Waals surface area contributed by atoms with Gasteiger partial charge in [-0.3, -0.25) is 9.69 Å². The maximum atomic E-state index is 12.6. The Kier molecular flexibility index (Phi) is 8.29. The Labute approximate surface area is 245 Å². The lowest BCUT2D eigenvalue weighted by molar-refractivity contribution is -0.152. The second kappa shape index (κ2) is 12.6. The molecule has 1 aromatic carbocycles. The summed E-state index contributed by atoms with van der Waals surface area (Å²) in [5, 5.41) is 6.50. The van der Waals surface area contributed by atoms with Crippen molar-refractivity contribution < 1.29 is 9.53 Å². The van der Waals surface area contributed by atoms with Gasteiger partial charge in [-0.2, -0.15) is 4.98 Å². The van der Waals surface area contributed by atoms with E-state index in [0.717, 1.165) is 56.9 Å². The van der Waals surface area contributed by atoms with Gasteiger partial charge in [0, 0.05) is 50.0 Å². The number of aromatic nitrogens is 5. The number of rotatable bonds is 9. The summed E-state index contributed by atoms with van der Waals surface area (Å²) in [7, 11) is 2.06. The van der Waals surface area contributed by atoms with Gasteiger partial charge >= 0.3 is 5.97 Å². The number of anilines is 4. The number of carbonyl (C=O) groups excluding carboxylic acids is 1. The van der Waals surface area contributed by atoms with Crippen LogP contribution in [0.15, 0.2) is 67.0 Å². The van der Waals surface area contributed by atoms with Crippen LogP contribution in [0, 0.1) is 12.8 Å². The summed E-state index contributed by atoms with van der Waals surface area (Å²) in [6.07, 6.45) is 5.21. The van der Waals surface area contributed by atoms with Crippen molar-refractivity contribution in [2.75, 3.05) is 43.9 Å². The molecule has 0 spiro atoms. The Balaban J connectivity index is 1.02. The van der Waals surface area contributed by atoms with E-state index in [2.05, 4.69) is 64.5 Å². The first-order chi connectivity index (χ1) is 20.5. The summed E-state index contributed by atoms with van der Waals surface area (Å²) in [6.45, 7) is 6.20. The second-order valence-corrected chi connectivity index (χ2v) is 11.0. The summed E-state index contributed by atoms with van der Waals surface area (Å²) in [4.78, 5) is 39.6. The summed E-state index contributed by atoms with van der Waals surface area (Å²) in [5.74, 6) is 2.14. The van der Waals surface area contributed by atoms with E-state index in [1.54, 1.807) is 24.5 Å². The molecule has 42 heavy (non-hydrogen) atoms. The van der Waals surface area contributed by atoms with E-state index in [1.165, 1.54) is 5.56 Å². The van der Waals surface area contributed by atoms with Gasteiger partial charge in [0.15, 0.2) is 5.82 Å². The minimum atomic E-state index is -0.0440. The molecule has 3 aromatic heterocycles. The molecule has 0 aliphatic carbocycles. The molecular formula is C31H35N9O2. The highest BCUT2D eigenvalue weighted by Gasteiger charge is 2.32. The monoisotopic (exact) mass is 565 g/mol. The number of ether oxygens (including phenoxy) is 1. The van der Waals surface area contributed by atoms with Crippen LogP contribution in [0.4, 0.5) is 23.3 Å². The van der Waals surface area contributed by atoms with Crippen molar-refractivity contribution in [2.45, 2.75) is 32.4 Å². The maximum absolute atomic E-state index is 12.6. The van der Waals surface area contributed by atoms with Crippen LogP contribution in [-0.4, -0.2) is 80.0 Å². The van der Waals surface area contributed by atoms with Gasteiger partial charge in [0.1, 0.15) is 23.4 Å². The molecule has 0 bridgehead atoms. The minimum Gasteiger partial charge on any atom is -0.461 e. The predicted molar refractivity (Wildman–Crippen MR) is 160 cm³/mol. The fourth-order valence-electron chi connectivity index (χ4n) is 5.34. The summed E-state index contributed by atoms with van der Waals surface area (Å²) < 4.78 is 5.76. The number of pyridine rings is 1. The first-order valence-electron chi connectivity index (χ1n) is 14.3. The van der Waals surface area contributed by atoms with E-state index in [4.69, 9.17) is 4.74 Å². The molecule has 216 valence electrons. The number of nitrogens with zero attached hydrogens (tertiary/aromatic N) is 7. The number of hydrogen-bond donors (Lipinski definition) is 2. The van der Waals surface area contributed by atoms with E-state index in [1.807, 2.05) is 37.3 Å². The molecule has 11 nitrogen and oxygen atoms in total. The molecule has 11 heteroatoms. The van der Waals surface area contributed by atoms with Gasteiger partial charge in [0.25, 0.3) is 0 Å². The smallest absolute Gasteiger partial charge is 0.310 e. The Bertz CT molecular complexity index is 1530. The average Bonchev–Trinajstić information content (AvgIpc) is 3.63. The number of likely N-dealkylation sites (tertiary alicyclic amines) is 2. The quantitative estimate of drug-likeness (QED) is 0.284. The van der Waals surface area contributed by atoms with Gasteiger partial charge in [-0.1, -0.05) is 18.2 Å². The van der Waals surface area contributed by atoms with Crippen molar-refractivity contribution in [3.63, 3.8) is 0 Å². The summed E-state index contributed by atoms with van der Waals surface area (Å²) >= 11 is 0. The van der Waals surface area contributed by atoms with E-state index in [9.17, 15) is 4.79 Å². The SMILES string of the molecule is Cc1cccc(-c2nccc(Nc3ccnc(Nc4ccc(CN5CCC(C(=O)O[C@H]6CCN(C)C6)C5)cc4)n3)n2)n1. The third kappa shape index (κ3) is 7.04. The highest BCUT2D eigenvalue weighted by Crippen LogP contribution is 2.24. The third-order valence-electron chi connectivity index (χ3n) is 7.54. The van der Waals surface area contributed by atoms with Crippen LogP contribution in [0.5, 0.6) is 0 Å². The zero-order valence-corrected chi connectivity index (χ0v) is 23.9. The maximum Gasteiger partial charge on any atom is 0.310 e. The Morgan fingerprint density at radius 3 is 2.50 bits per heavy atom. The average molecular weight is 566 g/mol. The zero-order chi connectivity index (χ0) is 28.9. The Morgan fingerprint density at radius 1 is 0.905 bits per heavy atom. The molecule has 2 atom stereocenters. The van der Waals surface area contributed by atoms with Gasteiger partial charge in [-0.05, 0) is 75.3 Å². The van der Waals surface area contributed by atoms with Gasteiger partial charge in [-0.25, -0.2) is 19.9 Å². The molecule has 2 aliphatic heterocycles. The standard InChI is InChI=1S/C31H35N9O2/c1-21-4-3-5-26(34-21)29-32-14-10-27(37-29)36-28-11-15-33-31(38-28)35-24-8-6-22(7-9-24)18-40-17-12-23(19-40)30(41)42-25-13-16-39(2)20-25/h3-11,14-15,23,25H,12-13,16-20H2,1-2H3,(H2,32,33,35,36,37,38)/t23?,25-/m0/s1. The van der Waals surface area contributed by atoms with Crippen molar-refractivity contribution >= 4 is 29.2 Å². The summed E-state index contributed by atoms with van der Waals surface area (Å²) in [6, 6.07) is 17.5. The molecule has 2 N–H and O–H groups in total. The topological polar surface area (TPSA) is 121 Å². The normalized spacial score (nSPS) is 19.1. The van der Waals surface area contributed by atoms with Crippen LogP contribution in [0.1, 0.15) is 24.1 Å². The molecule has 0 saturated carbocycles. The molecule has 0 radical (unpaired) electrons. The van der Waals surface area contributed by atoms with Gasteiger partial charge in [0.2, 0.25) is 5.95 Å². The lowest BCUT2D eigenvalue weighted by atomic mass is 10.1. The van der Waals surface area contributed by atoms with E-state index >= 15 is 0 Å². The lowest BCUT2D eigenvalue weighted by Gasteiger charge is -2.18. The molecule has 2 fully saturated rings. The van der Waals surface area contributed by atoms with Crippen LogP contribution >= 0.6 is 0 Å². The van der Waals surface area contributed by atoms with Crippen molar-refractivity contribution in [1.82, 2.24) is 34.7 Å². The number of nitrogens with one attached hydrogen (secondary N) is 2. The van der Waals surface area contributed by atoms with Gasteiger partial charge in [-0.15, -0.1) is 0 Å². The fourth-order valence-corrected chi connectivity index (χ4v) is 5.34. The van der Waals surface area contributed by atoms with Crippen LogP contribution in [0.2, 0.25) is 0 Å². The van der Waals surface area contributed by atoms with E-state index < -0.39 is 0 Å². The van der Waals surface area contributed by atoms with Crippen molar-refractivity contribution in [3.8, 4) is 11.5 Å². The van der Waals surface area contributed by atoms with Crippen LogP contribution in [-0.2, 0) is 16.1 Å². The molecule has 0 amide bonds. The van der Waals surface area contributed by atoms with E-state index in [0.29, 0.717) is 29.1 Å². The lowest BCUT2D eigenvalue weighted by Crippen LogP contribution is -2.28. The number of likely N-dealkylation sites (N-methyl/N-ethyl adjacent to an activating group) is 1. The number of aryl methyl sites for hydroxylation is 1. The highest BCUT2D eigenvalue weighted by atomic mass is 16.5. The molecule has 2 saturated heterocycles. The largest absolute Gasteiger partial charge is 0.461 e. The number of hydrogen-bond acceptors (Lipinski definition) is 11. The highest BCUT2D eigenvalue weighted by molar-refractivity contribution is 5.73. The molecule has 4 aromatic rings. The molecule has 1 unspecified atom stereocenters. The van der Waals surface area contributed by atoms with Crippen LogP contribution in [0.3, 0.4) is 0 Å². The third-order valence-corrected chi connectivity index (χ3v) is 7.54. The number of esters is 1. The van der Waals surface area contributed by atoms with Crippen molar-refractivity contribution in [3.05, 3.63) is 78.2 Å². The predicted octanol–water partition coefficient (Wildman–Crippen LogP) is 4.19. The molecular weight excluding hydrogens is 530 g/mol. The number of carbonyl (C=O) groups is 1. The zero-order valence-electron chi connectivity index (χ0n) is 23.9. The van der Waals surface area contributed by atoms with Gasteiger partial charge in [0.05, 0.1) is 5.92 Å². The first kappa shape index (κ1) is 27.7. The van der Waals surface area contributed by atoms with Crippen molar-refractivity contribution in [1.29, 1.82) is 0 Å². The Hall–Kier alpha value is -4.48. The van der Waals surface area contributed by atoms with Crippen LogP contribution in [0.25, 0.3) is 11.5 Å². The minimum absolute atomic E-state index is 0.0389. The summed E-state index contributed by atoms with van der Waals surface area (Å²) in [5.41, 5.74) is 3.69. The first-order valence-corrected chi connectivity index (χ1v) is 14.3. The Morgan fingerprint density at radius 2 is 1.71 bits per heavy atom. The van der Waals surface area contributed by atoms with Crippen molar-refractivity contribution in [2.24, 2.45) is 5.92 Å². The van der Waals surface area contributed by atoms with E-state index in [-0.39, 0.29) is 18.0 Å². The fraction of sp³-hybridized carbons (Fsp3) is 0.355. The second-order valence-electron chi connectivity index (χ2n) is 11.0. The molecule has 6 rings (SSSR count). The molecule has 5 heterocycles.